The summed E-state index contributed by atoms with van der Waals surface area (Å²) in [6, 6.07) is -4.13. The number of imidazole rings is 1. The number of aromatic amines is 1. The average Bonchev–Trinajstić information content (AvgIpc) is 3.35. The Hall–Kier alpha value is -3.68. The number of aliphatic carboxylic acids is 1. The molecule has 1 aromatic heterocycles. The molecule has 0 aromatic carbocycles. The number of nitrogens with two attached hydrogens (primary N) is 3. The van der Waals surface area contributed by atoms with Crippen molar-refractivity contribution in [2.24, 2.45) is 34.0 Å². The lowest BCUT2D eigenvalue weighted by Crippen LogP contribution is -2.59. The topological polar surface area (TPSA) is 244 Å². The Morgan fingerprint density at radius 3 is 2.22 bits per heavy atom. The van der Waals surface area contributed by atoms with Gasteiger partial charge >= 0.3 is 5.97 Å². The second-order valence-corrected chi connectivity index (χ2v) is 9.33. The number of aliphatic imine (C=N–C) groups is 1. The number of carbonyl (C=O) groups is 4. The van der Waals surface area contributed by atoms with E-state index in [1.54, 1.807) is 13.8 Å². The summed E-state index contributed by atoms with van der Waals surface area (Å²) < 4.78 is 0. The van der Waals surface area contributed by atoms with E-state index >= 15 is 0 Å². The second-order valence-electron chi connectivity index (χ2n) is 9.33. The van der Waals surface area contributed by atoms with Crippen molar-refractivity contribution in [1.29, 1.82) is 0 Å². The van der Waals surface area contributed by atoms with Gasteiger partial charge in [0.2, 0.25) is 17.7 Å². The zero-order valence-electron chi connectivity index (χ0n) is 21.9. The molecular formula is C23H41N9O5. The molecule has 1 aromatic rings. The Balaban J connectivity index is 3.02. The third-order valence-electron chi connectivity index (χ3n) is 5.98. The molecule has 0 saturated heterocycles. The summed E-state index contributed by atoms with van der Waals surface area (Å²) in [5.74, 6) is -3.53. The lowest BCUT2D eigenvalue weighted by Gasteiger charge is -2.27. The summed E-state index contributed by atoms with van der Waals surface area (Å²) in [5, 5.41) is 17.4. The van der Waals surface area contributed by atoms with Crippen LogP contribution in [0.4, 0.5) is 0 Å². The highest BCUT2D eigenvalue weighted by Gasteiger charge is 2.32. The number of nitrogens with zero attached hydrogens (tertiary/aromatic N) is 2. The fourth-order valence-electron chi connectivity index (χ4n) is 3.42. The van der Waals surface area contributed by atoms with Gasteiger partial charge in [0.05, 0.1) is 12.4 Å². The van der Waals surface area contributed by atoms with E-state index in [9.17, 15) is 24.3 Å². The van der Waals surface area contributed by atoms with Crippen LogP contribution >= 0.6 is 0 Å². The zero-order valence-corrected chi connectivity index (χ0v) is 21.9. The van der Waals surface area contributed by atoms with Crippen LogP contribution in [0.1, 0.15) is 52.7 Å². The molecule has 14 nitrogen and oxygen atoms in total. The molecule has 0 aliphatic rings. The number of carboxylic acids is 1. The Labute approximate surface area is 216 Å². The van der Waals surface area contributed by atoms with Gasteiger partial charge in [0.15, 0.2) is 5.96 Å². The molecular weight excluding hydrogens is 482 g/mol. The number of hydrogen-bond acceptors (Lipinski definition) is 7. The van der Waals surface area contributed by atoms with Gasteiger partial charge in [0, 0.05) is 24.9 Å². The standard InChI is InChI=1S/C23H41N9O5/c1-5-13(4)17(24)20(34)32-18(12(2)3)21(35)30-15(7-6-8-28-23(25)26)19(33)31-16(22(36)37)9-14-10-27-11-29-14/h10-13,15-18H,5-9,24H2,1-4H3,(H,27,29)(H,30,35)(H,31,33)(H,32,34)(H,36,37)(H4,25,26,28). The van der Waals surface area contributed by atoms with Crippen molar-refractivity contribution < 1.29 is 24.3 Å². The molecule has 0 radical (unpaired) electrons. The van der Waals surface area contributed by atoms with Gasteiger partial charge in [0.1, 0.15) is 18.1 Å². The van der Waals surface area contributed by atoms with Crippen LogP contribution in [-0.4, -0.2) is 75.4 Å². The zero-order chi connectivity index (χ0) is 28.1. The fourth-order valence-corrected chi connectivity index (χ4v) is 3.42. The highest BCUT2D eigenvalue weighted by Crippen LogP contribution is 2.10. The van der Waals surface area contributed by atoms with Crippen LogP contribution < -0.4 is 33.2 Å². The summed E-state index contributed by atoms with van der Waals surface area (Å²) in [6.45, 7) is 7.45. The minimum atomic E-state index is -1.26. The minimum absolute atomic E-state index is 0.0338. The summed E-state index contributed by atoms with van der Waals surface area (Å²) >= 11 is 0. The Kier molecular flexibility index (Phi) is 13.1. The minimum Gasteiger partial charge on any atom is -0.480 e. The van der Waals surface area contributed by atoms with Crippen molar-refractivity contribution >= 4 is 29.7 Å². The van der Waals surface area contributed by atoms with Crippen LogP contribution in [0.3, 0.4) is 0 Å². The molecule has 11 N–H and O–H groups in total. The summed E-state index contributed by atoms with van der Waals surface area (Å²) in [7, 11) is 0. The number of carboxylic acid groups (broad SMARTS) is 1. The number of rotatable bonds is 16. The number of carbonyl (C=O) groups excluding carboxylic acids is 3. The maximum Gasteiger partial charge on any atom is 0.326 e. The van der Waals surface area contributed by atoms with Crippen LogP contribution in [0, 0.1) is 11.8 Å². The highest BCUT2D eigenvalue weighted by molar-refractivity contribution is 5.94. The molecule has 0 aliphatic carbocycles. The lowest BCUT2D eigenvalue weighted by molar-refractivity contribution is -0.142. The molecule has 0 spiro atoms. The van der Waals surface area contributed by atoms with Crippen molar-refractivity contribution in [3.63, 3.8) is 0 Å². The Morgan fingerprint density at radius 1 is 1.05 bits per heavy atom. The SMILES string of the molecule is CCC(C)C(N)C(=O)NC(C(=O)NC(CCCN=C(N)N)C(=O)NC(Cc1cnc[nH]1)C(=O)O)C(C)C. The smallest absolute Gasteiger partial charge is 0.326 e. The number of guanidine groups is 1. The van der Waals surface area contributed by atoms with Crippen LogP contribution in [0.25, 0.3) is 0 Å². The molecule has 0 aliphatic heterocycles. The lowest BCUT2D eigenvalue weighted by atomic mass is 9.97. The van der Waals surface area contributed by atoms with Crippen LogP contribution in [0.2, 0.25) is 0 Å². The molecule has 14 heteroatoms. The van der Waals surface area contributed by atoms with Crippen molar-refractivity contribution in [1.82, 2.24) is 25.9 Å². The summed E-state index contributed by atoms with van der Waals surface area (Å²) in [5.41, 5.74) is 17.2. The van der Waals surface area contributed by atoms with Crippen molar-refractivity contribution in [2.45, 2.75) is 77.5 Å². The van der Waals surface area contributed by atoms with E-state index in [2.05, 4.69) is 30.9 Å². The van der Waals surface area contributed by atoms with Gasteiger partial charge in [-0.15, -0.1) is 0 Å². The Morgan fingerprint density at radius 2 is 1.70 bits per heavy atom. The van der Waals surface area contributed by atoms with E-state index in [-0.39, 0.29) is 37.2 Å². The molecule has 37 heavy (non-hydrogen) atoms. The average molecular weight is 524 g/mol. The Bertz CT molecular complexity index is 916. The van der Waals surface area contributed by atoms with Crippen molar-refractivity contribution in [2.75, 3.05) is 6.54 Å². The quantitative estimate of drug-likeness (QED) is 0.0718. The van der Waals surface area contributed by atoms with Gasteiger partial charge in [-0.05, 0) is 24.7 Å². The van der Waals surface area contributed by atoms with E-state index in [0.29, 0.717) is 18.5 Å². The molecule has 1 heterocycles. The van der Waals surface area contributed by atoms with Crippen LogP contribution in [-0.2, 0) is 25.6 Å². The van der Waals surface area contributed by atoms with Gasteiger partial charge in [0.25, 0.3) is 0 Å². The van der Waals surface area contributed by atoms with Gasteiger partial charge < -0.3 is 43.2 Å². The summed E-state index contributed by atoms with van der Waals surface area (Å²) in [6.07, 6.45) is 3.96. The molecule has 3 amide bonds. The summed E-state index contributed by atoms with van der Waals surface area (Å²) in [4.78, 5) is 61.2. The molecule has 5 unspecified atom stereocenters. The fraction of sp³-hybridized carbons (Fsp3) is 0.652. The molecule has 208 valence electrons. The van der Waals surface area contributed by atoms with Crippen molar-refractivity contribution in [3.05, 3.63) is 18.2 Å². The molecule has 1 rings (SSSR count). The third kappa shape index (κ3) is 10.9. The first-order chi connectivity index (χ1) is 17.4. The normalized spacial score (nSPS) is 15.1. The van der Waals surface area contributed by atoms with E-state index in [1.165, 1.54) is 12.5 Å². The van der Waals surface area contributed by atoms with E-state index in [4.69, 9.17) is 17.2 Å². The molecule has 0 fully saturated rings. The van der Waals surface area contributed by atoms with E-state index in [0.717, 1.165) is 0 Å². The van der Waals surface area contributed by atoms with Gasteiger partial charge in [-0.3, -0.25) is 19.4 Å². The highest BCUT2D eigenvalue weighted by atomic mass is 16.4. The first-order valence-corrected chi connectivity index (χ1v) is 12.3. The van der Waals surface area contributed by atoms with Gasteiger partial charge in [-0.2, -0.15) is 0 Å². The second kappa shape index (κ2) is 15.4. The van der Waals surface area contributed by atoms with E-state index in [1.807, 2.05) is 13.8 Å². The monoisotopic (exact) mass is 523 g/mol. The van der Waals surface area contributed by atoms with Gasteiger partial charge in [-0.25, -0.2) is 9.78 Å². The maximum absolute atomic E-state index is 13.2. The first kappa shape index (κ1) is 31.4. The third-order valence-corrected chi connectivity index (χ3v) is 5.98. The molecule has 0 bridgehead atoms. The predicted octanol–water partition coefficient (Wildman–Crippen LogP) is -1.43. The number of H-pyrrole nitrogens is 1. The van der Waals surface area contributed by atoms with Gasteiger partial charge in [-0.1, -0.05) is 34.1 Å². The number of hydrogen-bond donors (Lipinski definition) is 8. The largest absolute Gasteiger partial charge is 0.480 e. The van der Waals surface area contributed by atoms with Crippen LogP contribution in [0.15, 0.2) is 17.5 Å². The van der Waals surface area contributed by atoms with E-state index < -0.39 is 47.9 Å². The first-order valence-electron chi connectivity index (χ1n) is 12.3. The molecule has 0 saturated carbocycles. The predicted molar refractivity (Wildman–Crippen MR) is 138 cm³/mol. The maximum atomic E-state index is 13.2. The molecule has 5 atom stereocenters. The number of amides is 3. The van der Waals surface area contributed by atoms with Crippen molar-refractivity contribution in [3.8, 4) is 0 Å². The number of aromatic nitrogens is 2. The van der Waals surface area contributed by atoms with Crippen LogP contribution in [0.5, 0.6) is 0 Å². The number of nitrogens with one attached hydrogen (secondary N) is 4.